The third-order valence-electron chi connectivity index (χ3n) is 4.21. The van der Waals surface area contributed by atoms with E-state index >= 15 is 0 Å². The van der Waals surface area contributed by atoms with Gasteiger partial charge in [-0.05, 0) is 63.7 Å². The maximum absolute atomic E-state index is 5.94. The Labute approximate surface area is 141 Å². The lowest BCUT2D eigenvalue weighted by molar-refractivity contribution is 0.185. The molecule has 4 nitrogen and oxygen atoms in total. The number of nitrogens with two attached hydrogens (primary N) is 1. The monoisotopic (exact) mass is 316 g/mol. The molecule has 1 heterocycles. The molecule has 0 unspecified atom stereocenters. The van der Waals surface area contributed by atoms with Crippen LogP contribution in [0.4, 0.5) is 0 Å². The third kappa shape index (κ3) is 6.61. The molecule has 1 aliphatic heterocycles. The number of benzene rings is 1. The van der Waals surface area contributed by atoms with E-state index in [1.165, 1.54) is 37.1 Å². The number of likely N-dealkylation sites (tertiary alicyclic amines) is 1. The summed E-state index contributed by atoms with van der Waals surface area (Å²) in [6.45, 7) is 12.7. The molecule has 1 aliphatic rings. The van der Waals surface area contributed by atoms with Crippen molar-refractivity contribution in [3.8, 4) is 0 Å². The molecule has 23 heavy (non-hydrogen) atoms. The molecule has 0 radical (unpaired) electrons. The molecule has 1 aromatic rings. The zero-order valence-corrected chi connectivity index (χ0v) is 15.1. The summed E-state index contributed by atoms with van der Waals surface area (Å²) in [6.07, 6.45) is 2.64. The molecule has 0 saturated carbocycles. The van der Waals surface area contributed by atoms with Crippen LogP contribution in [0.5, 0.6) is 0 Å². The first-order chi connectivity index (χ1) is 10.8. The fourth-order valence-corrected chi connectivity index (χ4v) is 2.90. The van der Waals surface area contributed by atoms with Crippen molar-refractivity contribution in [2.75, 3.05) is 13.1 Å². The highest BCUT2D eigenvalue weighted by Gasteiger charge is 2.15. The zero-order valence-electron chi connectivity index (χ0n) is 15.1. The summed E-state index contributed by atoms with van der Waals surface area (Å²) in [5, 5.41) is 3.19. The summed E-state index contributed by atoms with van der Waals surface area (Å²) in [7, 11) is 0. The van der Waals surface area contributed by atoms with Gasteiger partial charge in [-0.25, -0.2) is 4.99 Å². The fourth-order valence-electron chi connectivity index (χ4n) is 2.90. The van der Waals surface area contributed by atoms with E-state index in [1.807, 2.05) is 0 Å². The summed E-state index contributed by atoms with van der Waals surface area (Å²) < 4.78 is 0. The van der Waals surface area contributed by atoms with Gasteiger partial charge in [0.15, 0.2) is 5.96 Å². The van der Waals surface area contributed by atoms with Crippen molar-refractivity contribution in [3.63, 3.8) is 0 Å². The largest absolute Gasteiger partial charge is 0.370 e. The predicted molar refractivity (Wildman–Crippen MR) is 98.3 cm³/mol. The topological polar surface area (TPSA) is 53.6 Å². The van der Waals surface area contributed by atoms with Gasteiger partial charge >= 0.3 is 0 Å². The summed E-state index contributed by atoms with van der Waals surface area (Å²) >= 11 is 0. The lowest BCUT2D eigenvalue weighted by atomic mass is 9.98. The van der Waals surface area contributed by atoms with E-state index in [0.717, 1.165) is 12.5 Å². The molecule has 1 fully saturated rings. The Kier molecular flexibility index (Phi) is 6.05. The van der Waals surface area contributed by atoms with E-state index < -0.39 is 0 Å². The molecule has 3 N–H and O–H groups in total. The molecular weight excluding hydrogens is 284 g/mol. The van der Waals surface area contributed by atoms with Crippen molar-refractivity contribution >= 4 is 5.96 Å². The molecule has 0 aliphatic carbocycles. The van der Waals surface area contributed by atoms with Gasteiger partial charge in [-0.15, -0.1) is 0 Å². The van der Waals surface area contributed by atoms with Crippen molar-refractivity contribution in [2.45, 2.75) is 59.2 Å². The van der Waals surface area contributed by atoms with Crippen molar-refractivity contribution in [3.05, 3.63) is 35.4 Å². The number of hydrogen-bond acceptors (Lipinski definition) is 2. The molecule has 0 spiro atoms. The summed E-state index contributed by atoms with van der Waals surface area (Å²) in [5.41, 5.74) is 8.47. The van der Waals surface area contributed by atoms with Gasteiger partial charge in [-0.1, -0.05) is 31.2 Å². The van der Waals surface area contributed by atoms with Crippen LogP contribution in [0.2, 0.25) is 0 Å². The van der Waals surface area contributed by atoms with Crippen LogP contribution in [-0.2, 0) is 13.1 Å². The van der Waals surface area contributed by atoms with E-state index in [9.17, 15) is 0 Å². The SMILES string of the molecule is CC1CCN(Cc2cccc(CN=C(N)NC(C)(C)C)c2)CC1. The van der Waals surface area contributed by atoms with Gasteiger partial charge in [0.1, 0.15) is 0 Å². The van der Waals surface area contributed by atoms with Crippen LogP contribution in [0, 0.1) is 5.92 Å². The van der Waals surface area contributed by atoms with Crippen molar-refractivity contribution in [2.24, 2.45) is 16.6 Å². The molecule has 0 atom stereocenters. The number of nitrogens with zero attached hydrogens (tertiary/aromatic N) is 2. The average molecular weight is 316 g/mol. The van der Waals surface area contributed by atoms with Gasteiger partial charge in [0.25, 0.3) is 0 Å². The normalized spacial score (nSPS) is 18.2. The minimum atomic E-state index is -0.0547. The maximum Gasteiger partial charge on any atom is 0.189 e. The molecule has 1 aromatic carbocycles. The number of aliphatic imine (C=N–C) groups is 1. The fraction of sp³-hybridized carbons (Fsp3) is 0.632. The molecular formula is C19H32N4. The summed E-state index contributed by atoms with van der Waals surface area (Å²) in [5.74, 6) is 1.39. The average Bonchev–Trinajstić information content (AvgIpc) is 2.46. The van der Waals surface area contributed by atoms with Crippen molar-refractivity contribution in [1.29, 1.82) is 0 Å². The van der Waals surface area contributed by atoms with Crippen LogP contribution in [0.15, 0.2) is 29.3 Å². The number of hydrogen-bond donors (Lipinski definition) is 2. The van der Waals surface area contributed by atoms with Gasteiger partial charge in [0.05, 0.1) is 6.54 Å². The van der Waals surface area contributed by atoms with Crippen molar-refractivity contribution < 1.29 is 0 Å². The Hall–Kier alpha value is -1.55. The van der Waals surface area contributed by atoms with Crippen LogP contribution in [0.25, 0.3) is 0 Å². The number of guanidine groups is 1. The second-order valence-electron chi connectivity index (χ2n) is 7.86. The minimum absolute atomic E-state index is 0.0547. The van der Waals surface area contributed by atoms with Gasteiger partial charge in [-0.2, -0.15) is 0 Å². The molecule has 0 bridgehead atoms. The van der Waals surface area contributed by atoms with Gasteiger partial charge < -0.3 is 11.1 Å². The maximum atomic E-state index is 5.94. The van der Waals surface area contributed by atoms with Crippen molar-refractivity contribution in [1.82, 2.24) is 10.2 Å². The van der Waals surface area contributed by atoms with E-state index in [2.05, 4.69) is 67.2 Å². The predicted octanol–water partition coefficient (Wildman–Crippen LogP) is 3.12. The summed E-state index contributed by atoms with van der Waals surface area (Å²) in [4.78, 5) is 7.00. The standard InChI is InChI=1S/C19H32N4/c1-15-8-10-23(11-9-15)14-17-7-5-6-16(12-17)13-21-18(20)22-19(2,3)4/h5-7,12,15H,8-11,13-14H2,1-4H3,(H3,20,21,22). The third-order valence-corrected chi connectivity index (χ3v) is 4.21. The van der Waals surface area contributed by atoms with E-state index in [4.69, 9.17) is 5.73 Å². The Morgan fingerprint density at radius 1 is 1.26 bits per heavy atom. The van der Waals surface area contributed by atoms with E-state index in [1.54, 1.807) is 0 Å². The Bertz CT molecular complexity index is 522. The number of piperidine rings is 1. The molecule has 1 saturated heterocycles. The smallest absolute Gasteiger partial charge is 0.189 e. The van der Waals surface area contributed by atoms with Gasteiger partial charge in [0.2, 0.25) is 0 Å². The first-order valence-corrected chi connectivity index (χ1v) is 8.70. The lowest BCUT2D eigenvalue weighted by Gasteiger charge is -2.30. The second kappa shape index (κ2) is 7.82. The highest BCUT2D eigenvalue weighted by atomic mass is 15.1. The van der Waals surface area contributed by atoms with Crippen LogP contribution in [-0.4, -0.2) is 29.5 Å². The Balaban J connectivity index is 1.90. The van der Waals surface area contributed by atoms with E-state index in [-0.39, 0.29) is 5.54 Å². The summed E-state index contributed by atoms with van der Waals surface area (Å²) in [6, 6.07) is 8.71. The molecule has 0 amide bonds. The first kappa shape index (κ1) is 17.8. The van der Waals surface area contributed by atoms with E-state index in [0.29, 0.717) is 12.5 Å². The highest BCUT2D eigenvalue weighted by molar-refractivity contribution is 5.78. The lowest BCUT2D eigenvalue weighted by Crippen LogP contribution is -2.44. The van der Waals surface area contributed by atoms with Crippen LogP contribution < -0.4 is 11.1 Å². The minimum Gasteiger partial charge on any atom is -0.370 e. The molecule has 4 heteroatoms. The number of nitrogens with one attached hydrogen (secondary N) is 1. The Morgan fingerprint density at radius 2 is 1.91 bits per heavy atom. The molecule has 2 rings (SSSR count). The highest BCUT2D eigenvalue weighted by Crippen LogP contribution is 2.18. The van der Waals surface area contributed by atoms with Gasteiger partial charge in [0, 0.05) is 12.1 Å². The van der Waals surface area contributed by atoms with Crippen LogP contribution in [0.3, 0.4) is 0 Å². The molecule has 128 valence electrons. The van der Waals surface area contributed by atoms with Crippen LogP contribution >= 0.6 is 0 Å². The van der Waals surface area contributed by atoms with Crippen LogP contribution in [0.1, 0.15) is 51.7 Å². The number of rotatable bonds is 4. The quantitative estimate of drug-likeness (QED) is 0.663. The Morgan fingerprint density at radius 3 is 2.57 bits per heavy atom. The molecule has 0 aromatic heterocycles. The zero-order chi connectivity index (χ0) is 16.9. The van der Waals surface area contributed by atoms with Gasteiger partial charge in [-0.3, -0.25) is 4.90 Å². The second-order valence-corrected chi connectivity index (χ2v) is 7.86. The first-order valence-electron chi connectivity index (χ1n) is 8.70.